The van der Waals surface area contributed by atoms with Gasteiger partial charge < -0.3 is 10.1 Å². The minimum atomic E-state index is -1.12. The molecule has 8 nitrogen and oxygen atoms in total. The van der Waals surface area contributed by atoms with E-state index >= 15 is 0 Å². The summed E-state index contributed by atoms with van der Waals surface area (Å²) in [6.45, 7) is 2.81. The van der Waals surface area contributed by atoms with Crippen molar-refractivity contribution in [3.63, 3.8) is 0 Å². The predicted molar refractivity (Wildman–Crippen MR) is 155 cm³/mol. The van der Waals surface area contributed by atoms with Gasteiger partial charge in [0.2, 0.25) is 11.8 Å². The van der Waals surface area contributed by atoms with E-state index in [1.54, 1.807) is 24.3 Å². The fourth-order valence-electron chi connectivity index (χ4n) is 7.00. The lowest BCUT2D eigenvalue weighted by atomic mass is 9.55. The molecule has 3 atom stereocenters. The number of Topliss-reactive ketones (excluding diaryl/α,β-unsaturated/α-hetero) is 1. The van der Waals surface area contributed by atoms with E-state index in [4.69, 9.17) is 4.74 Å². The zero-order chi connectivity index (χ0) is 29.5. The van der Waals surface area contributed by atoms with E-state index in [0.717, 1.165) is 33.6 Å². The first-order chi connectivity index (χ1) is 20.3. The van der Waals surface area contributed by atoms with Crippen molar-refractivity contribution in [3.8, 4) is 0 Å². The molecule has 7 rings (SSSR count). The Morgan fingerprint density at radius 3 is 1.88 bits per heavy atom. The largest absolute Gasteiger partial charge is 0.454 e. The Morgan fingerprint density at radius 2 is 1.38 bits per heavy atom. The van der Waals surface area contributed by atoms with Crippen LogP contribution in [0, 0.1) is 11.8 Å². The molecule has 2 bridgehead atoms. The van der Waals surface area contributed by atoms with E-state index < -0.39 is 36.4 Å². The van der Waals surface area contributed by atoms with E-state index in [9.17, 15) is 24.0 Å². The molecular formula is C34H32N2O6. The van der Waals surface area contributed by atoms with Gasteiger partial charge in [-0.15, -0.1) is 0 Å². The summed E-state index contributed by atoms with van der Waals surface area (Å²) in [5, 5.41) is 2.63. The molecule has 0 aromatic heterocycles. The summed E-state index contributed by atoms with van der Waals surface area (Å²) in [5.41, 5.74) is 5.07. The lowest BCUT2D eigenvalue weighted by Crippen LogP contribution is -2.47. The summed E-state index contributed by atoms with van der Waals surface area (Å²) in [6, 6.07) is 21.3. The standard InChI is InChI=1S/C34H32N2O6/c1-3-4-16-26(34(41)42-18-27(38)35-21-11-9-10-20(17-21)19(2)37)36-32(39)30-28-22-12-5-6-13-23(22)29(31(30)33(36)40)25-15-8-7-14-24(25)28/h5-15,17,26,28-31H,3-4,16,18H2,1-2H3,(H,35,38)/t26-,28?,29?,30+,31+/m1/s1. The van der Waals surface area contributed by atoms with Crippen LogP contribution in [-0.2, 0) is 23.9 Å². The van der Waals surface area contributed by atoms with Crippen molar-refractivity contribution in [3.05, 3.63) is 101 Å². The van der Waals surface area contributed by atoms with Crippen LogP contribution in [-0.4, -0.2) is 47.0 Å². The number of hydrogen-bond acceptors (Lipinski definition) is 6. The van der Waals surface area contributed by atoms with Gasteiger partial charge in [-0.2, -0.15) is 0 Å². The van der Waals surface area contributed by atoms with E-state index in [0.29, 0.717) is 17.7 Å². The Morgan fingerprint density at radius 1 is 0.833 bits per heavy atom. The van der Waals surface area contributed by atoms with Crippen molar-refractivity contribution in [1.29, 1.82) is 0 Å². The molecule has 0 unspecified atom stereocenters. The second kappa shape index (κ2) is 11.0. The average Bonchev–Trinajstić information content (AvgIpc) is 3.26. The predicted octanol–water partition coefficient (Wildman–Crippen LogP) is 4.82. The lowest BCUT2D eigenvalue weighted by molar-refractivity contribution is -0.160. The maximum atomic E-state index is 14.1. The fraction of sp³-hybridized carbons (Fsp3) is 0.324. The lowest BCUT2D eigenvalue weighted by Gasteiger charge is -2.45. The van der Waals surface area contributed by atoms with Gasteiger partial charge in [0.05, 0.1) is 11.8 Å². The highest BCUT2D eigenvalue weighted by molar-refractivity contribution is 6.10. The van der Waals surface area contributed by atoms with Crippen molar-refractivity contribution in [1.82, 2.24) is 4.90 Å². The van der Waals surface area contributed by atoms with Gasteiger partial charge in [0.15, 0.2) is 12.4 Å². The number of anilines is 1. The number of ketones is 1. The number of imide groups is 1. The van der Waals surface area contributed by atoms with Crippen LogP contribution < -0.4 is 5.32 Å². The molecule has 42 heavy (non-hydrogen) atoms. The second-order valence-electron chi connectivity index (χ2n) is 11.3. The van der Waals surface area contributed by atoms with Crippen molar-refractivity contribution in [2.75, 3.05) is 11.9 Å². The number of likely N-dealkylation sites (tertiary alicyclic amines) is 1. The quantitative estimate of drug-likeness (QED) is 0.227. The van der Waals surface area contributed by atoms with Crippen LogP contribution in [0.2, 0.25) is 0 Å². The van der Waals surface area contributed by atoms with Crippen LogP contribution in [0.4, 0.5) is 5.69 Å². The average molecular weight is 565 g/mol. The molecular weight excluding hydrogens is 532 g/mol. The van der Waals surface area contributed by atoms with Crippen molar-refractivity contribution in [2.45, 2.75) is 51.0 Å². The molecule has 4 aliphatic rings. The monoisotopic (exact) mass is 564 g/mol. The van der Waals surface area contributed by atoms with Crippen LogP contribution in [0.25, 0.3) is 0 Å². The normalized spacial score (nSPS) is 22.2. The number of esters is 1. The van der Waals surface area contributed by atoms with Gasteiger partial charge >= 0.3 is 5.97 Å². The highest BCUT2D eigenvalue weighted by Gasteiger charge is 2.63. The van der Waals surface area contributed by atoms with E-state index in [2.05, 4.69) is 5.32 Å². The molecule has 3 aliphatic carbocycles. The number of unbranched alkanes of at least 4 members (excludes halogenated alkanes) is 1. The molecule has 1 fully saturated rings. The van der Waals surface area contributed by atoms with E-state index in [1.807, 2.05) is 55.5 Å². The number of carbonyl (C=O) groups excluding carboxylic acids is 5. The number of hydrogen-bond donors (Lipinski definition) is 1. The topological polar surface area (TPSA) is 110 Å². The molecule has 8 heteroatoms. The fourth-order valence-corrected chi connectivity index (χ4v) is 7.00. The summed E-state index contributed by atoms with van der Waals surface area (Å²) in [6.07, 6.45) is 1.61. The zero-order valence-electron chi connectivity index (χ0n) is 23.5. The SMILES string of the molecule is CCCC[C@H](C(=O)OCC(=O)Nc1cccc(C(C)=O)c1)N1C(=O)[C@H]2C3c4ccccc4C(c4ccccc43)[C@@H]2C1=O. The van der Waals surface area contributed by atoms with Gasteiger partial charge in [0.25, 0.3) is 5.91 Å². The number of carbonyl (C=O) groups is 5. The minimum Gasteiger partial charge on any atom is -0.454 e. The highest BCUT2D eigenvalue weighted by atomic mass is 16.5. The number of rotatable bonds is 9. The molecule has 3 amide bonds. The second-order valence-corrected chi connectivity index (χ2v) is 11.3. The smallest absolute Gasteiger partial charge is 0.329 e. The molecule has 3 aromatic carbocycles. The van der Waals surface area contributed by atoms with Crippen molar-refractivity contribution >= 4 is 35.2 Å². The van der Waals surface area contributed by atoms with Crippen LogP contribution in [0.3, 0.4) is 0 Å². The highest BCUT2D eigenvalue weighted by Crippen LogP contribution is 2.61. The number of benzene rings is 3. The molecule has 1 saturated heterocycles. The van der Waals surface area contributed by atoms with Gasteiger partial charge in [-0.3, -0.25) is 24.1 Å². The van der Waals surface area contributed by atoms with Gasteiger partial charge in [0, 0.05) is 23.1 Å². The Hall–Kier alpha value is -4.59. The minimum absolute atomic E-state index is 0.142. The molecule has 3 aromatic rings. The van der Waals surface area contributed by atoms with Crippen LogP contribution >= 0.6 is 0 Å². The Kier molecular flexibility index (Phi) is 7.22. The maximum absolute atomic E-state index is 14.1. The third kappa shape index (κ3) is 4.51. The van der Waals surface area contributed by atoms with Crippen LogP contribution in [0.1, 0.15) is 77.6 Å². The maximum Gasteiger partial charge on any atom is 0.329 e. The molecule has 214 valence electrons. The van der Waals surface area contributed by atoms with Gasteiger partial charge in [-0.25, -0.2) is 4.79 Å². The van der Waals surface area contributed by atoms with Crippen molar-refractivity contribution < 1.29 is 28.7 Å². The first-order valence-corrected chi connectivity index (χ1v) is 14.4. The van der Waals surface area contributed by atoms with E-state index in [1.165, 1.54) is 6.92 Å². The number of nitrogens with one attached hydrogen (secondary N) is 1. The molecule has 0 radical (unpaired) electrons. The third-order valence-corrected chi connectivity index (χ3v) is 8.80. The Labute approximate surface area is 244 Å². The zero-order valence-corrected chi connectivity index (χ0v) is 23.5. The first kappa shape index (κ1) is 27.6. The van der Waals surface area contributed by atoms with Crippen LogP contribution in [0.15, 0.2) is 72.8 Å². The molecule has 1 heterocycles. The molecule has 1 aliphatic heterocycles. The first-order valence-electron chi connectivity index (χ1n) is 14.4. The summed E-state index contributed by atoms with van der Waals surface area (Å²) in [5.74, 6) is -3.95. The van der Waals surface area contributed by atoms with Gasteiger partial charge in [-0.1, -0.05) is 80.4 Å². The van der Waals surface area contributed by atoms with Crippen molar-refractivity contribution in [2.24, 2.45) is 11.8 Å². The molecule has 1 N–H and O–H groups in total. The summed E-state index contributed by atoms with van der Waals surface area (Å²) < 4.78 is 5.40. The van der Waals surface area contributed by atoms with Gasteiger partial charge in [-0.05, 0) is 47.7 Å². The van der Waals surface area contributed by atoms with E-state index in [-0.39, 0.29) is 35.9 Å². The number of nitrogens with zero attached hydrogens (tertiary/aromatic N) is 1. The number of amides is 3. The third-order valence-electron chi connectivity index (χ3n) is 8.80. The molecule has 0 saturated carbocycles. The van der Waals surface area contributed by atoms with Gasteiger partial charge in [0.1, 0.15) is 6.04 Å². The summed E-state index contributed by atoms with van der Waals surface area (Å²) >= 11 is 0. The Bertz CT molecular complexity index is 1500. The van der Waals surface area contributed by atoms with Crippen LogP contribution in [0.5, 0.6) is 0 Å². The number of ether oxygens (including phenoxy) is 1. The Balaban J connectivity index is 1.24. The summed E-state index contributed by atoms with van der Waals surface area (Å²) in [4.78, 5) is 67.1. The summed E-state index contributed by atoms with van der Waals surface area (Å²) in [7, 11) is 0. The molecule has 0 spiro atoms.